The van der Waals surface area contributed by atoms with Gasteiger partial charge in [-0.3, -0.25) is 0 Å². The maximum atomic E-state index is 8.36. The van der Waals surface area contributed by atoms with E-state index in [4.69, 9.17) is 5.26 Å². The first-order valence-corrected chi connectivity index (χ1v) is 3.39. The molecule has 0 aromatic carbocycles. The summed E-state index contributed by atoms with van der Waals surface area (Å²) in [6.45, 7) is 7.69. The topological polar surface area (TPSA) is 35.8 Å². The van der Waals surface area contributed by atoms with Crippen molar-refractivity contribution in [3.05, 3.63) is 0 Å². The first-order chi connectivity index (χ1) is 4.27. The van der Waals surface area contributed by atoms with Crippen LogP contribution in [0, 0.1) is 16.7 Å². The van der Waals surface area contributed by atoms with Crippen LogP contribution in [0.15, 0.2) is 0 Å². The zero-order chi connectivity index (χ0) is 7.33. The SMILES string of the molecule is CC.CC1(C#N)CNC1. The predicted molar refractivity (Wildman–Crippen MR) is 37.9 cm³/mol. The van der Waals surface area contributed by atoms with Gasteiger partial charge in [-0.2, -0.15) is 5.26 Å². The van der Waals surface area contributed by atoms with E-state index >= 15 is 0 Å². The molecule has 9 heavy (non-hydrogen) atoms. The van der Waals surface area contributed by atoms with Gasteiger partial charge in [-0.1, -0.05) is 13.8 Å². The molecule has 0 aliphatic carbocycles. The van der Waals surface area contributed by atoms with Crippen molar-refractivity contribution < 1.29 is 0 Å². The quantitative estimate of drug-likeness (QED) is 0.528. The second-order valence-electron chi connectivity index (χ2n) is 2.28. The van der Waals surface area contributed by atoms with Crippen molar-refractivity contribution in [2.24, 2.45) is 5.41 Å². The highest BCUT2D eigenvalue weighted by Gasteiger charge is 2.30. The van der Waals surface area contributed by atoms with E-state index in [-0.39, 0.29) is 5.41 Å². The number of nitrogens with zero attached hydrogens (tertiary/aromatic N) is 1. The average Bonchev–Trinajstić information content (AvgIpc) is 1.88. The summed E-state index contributed by atoms with van der Waals surface area (Å²) in [6.07, 6.45) is 0. The lowest BCUT2D eigenvalue weighted by atomic mass is 9.86. The van der Waals surface area contributed by atoms with Gasteiger partial charge in [0.2, 0.25) is 0 Å². The fourth-order valence-corrected chi connectivity index (χ4v) is 0.579. The Balaban J connectivity index is 0.000000291. The molecule has 1 rings (SSSR count). The summed E-state index contributed by atoms with van der Waals surface area (Å²) in [5.74, 6) is 0. The van der Waals surface area contributed by atoms with Crippen LogP contribution in [0.5, 0.6) is 0 Å². The molecular formula is C7H14N2. The molecule has 0 spiro atoms. The van der Waals surface area contributed by atoms with E-state index in [1.54, 1.807) is 0 Å². The van der Waals surface area contributed by atoms with Crippen molar-refractivity contribution in [3.8, 4) is 6.07 Å². The molecule has 1 N–H and O–H groups in total. The highest BCUT2D eigenvalue weighted by Crippen LogP contribution is 2.18. The maximum Gasteiger partial charge on any atom is 0.0793 e. The van der Waals surface area contributed by atoms with Crippen LogP contribution in [-0.2, 0) is 0 Å². The summed E-state index contributed by atoms with van der Waals surface area (Å²) < 4.78 is 0. The van der Waals surface area contributed by atoms with Crippen molar-refractivity contribution in [1.82, 2.24) is 5.32 Å². The molecular weight excluding hydrogens is 112 g/mol. The van der Waals surface area contributed by atoms with E-state index in [2.05, 4.69) is 11.4 Å². The number of nitriles is 1. The molecule has 0 aromatic heterocycles. The maximum absolute atomic E-state index is 8.36. The second kappa shape index (κ2) is 3.47. The zero-order valence-electron chi connectivity index (χ0n) is 6.36. The Morgan fingerprint density at radius 1 is 1.44 bits per heavy atom. The number of rotatable bonds is 0. The van der Waals surface area contributed by atoms with Crippen molar-refractivity contribution in [2.75, 3.05) is 13.1 Å². The summed E-state index contributed by atoms with van der Waals surface area (Å²) in [5.41, 5.74) is -0.0417. The van der Waals surface area contributed by atoms with Crippen molar-refractivity contribution in [2.45, 2.75) is 20.8 Å². The lowest BCUT2D eigenvalue weighted by Crippen LogP contribution is -2.50. The van der Waals surface area contributed by atoms with E-state index in [0.717, 1.165) is 13.1 Å². The molecule has 52 valence electrons. The normalized spacial score (nSPS) is 20.2. The largest absolute Gasteiger partial charge is 0.313 e. The Bertz CT molecular complexity index is 109. The van der Waals surface area contributed by atoms with Gasteiger partial charge >= 0.3 is 0 Å². The fourth-order valence-electron chi connectivity index (χ4n) is 0.579. The first-order valence-electron chi connectivity index (χ1n) is 3.39. The van der Waals surface area contributed by atoms with Gasteiger partial charge < -0.3 is 5.32 Å². The molecule has 1 heterocycles. The van der Waals surface area contributed by atoms with Crippen LogP contribution < -0.4 is 5.32 Å². The molecule has 0 saturated carbocycles. The van der Waals surface area contributed by atoms with Crippen LogP contribution in [0.1, 0.15) is 20.8 Å². The number of hydrogen-bond acceptors (Lipinski definition) is 2. The third-order valence-corrected chi connectivity index (χ3v) is 1.30. The molecule has 1 aliphatic rings. The molecule has 1 saturated heterocycles. The summed E-state index contributed by atoms with van der Waals surface area (Å²) in [4.78, 5) is 0. The second-order valence-corrected chi connectivity index (χ2v) is 2.28. The average molecular weight is 126 g/mol. The smallest absolute Gasteiger partial charge is 0.0793 e. The van der Waals surface area contributed by atoms with Crippen molar-refractivity contribution >= 4 is 0 Å². The van der Waals surface area contributed by atoms with E-state index < -0.39 is 0 Å². The lowest BCUT2D eigenvalue weighted by molar-refractivity contribution is 0.280. The molecule has 0 bridgehead atoms. The third-order valence-electron chi connectivity index (χ3n) is 1.30. The van der Waals surface area contributed by atoms with E-state index in [9.17, 15) is 0 Å². The molecule has 1 fully saturated rings. The summed E-state index contributed by atoms with van der Waals surface area (Å²) in [7, 11) is 0. The molecule has 0 unspecified atom stereocenters. The minimum Gasteiger partial charge on any atom is -0.313 e. The summed E-state index contributed by atoms with van der Waals surface area (Å²) >= 11 is 0. The van der Waals surface area contributed by atoms with E-state index in [1.807, 2.05) is 20.8 Å². The van der Waals surface area contributed by atoms with Gasteiger partial charge in [-0.25, -0.2) is 0 Å². The van der Waals surface area contributed by atoms with Crippen LogP contribution >= 0.6 is 0 Å². The van der Waals surface area contributed by atoms with E-state index in [1.165, 1.54) is 0 Å². The summed E-state index contributed by atoms with van der Waals surface area (Å²) in [5, 5.41) is 11.4. The minimum atomic E-state index is -0.0417. The molecule has 0 atom stereocenters. The van der Waals surface area contributed by atoms with Gasteiger partial charge in [0.05, 0.1) is 11.5 Å². The molecule has 2 nitrogen and oxygen atoms in total. The van der Waals surface area contributed by atoms with Crippen LogP contribution in [0.2, 0.25) is 0 Å². The molecule has 0 amide bonds. The van der Waals surface area contributed by atoms with Crippen LogP contribution in [-0.4, -0.2) is 13.1 Å². The molecule has 2 heteroatoms. The van der Waals surface area contributed by atoms with E-state index in [0.29, 0.717) is 0 Å². The summed E-state index contributed by atoms with van der Waals surface area (Å²) in [6, 6.07) is 2.22. The lowest BCUT2D eigenvalue weighted by Gasteiger charge is -2.31. The Kier molecular flexibility index (Phi) is 3.26. The van der Waals surface area contributed by atoms with Gasteiger partial charge in [0.25, 0.3) is 0 Å². The minimum absolute atomic E-state index is 0.0417. The highest BCUT2D eigenvalue weighted by atomic mass is 15.0. The van der Waals surface area contributed by atoms with Gasteiger partial charge in [-0.15, -0.1) is 0 Å². The number of nitrogens with one attached hydrogen (secondary N) is 1. The molecule has 0 aromatic rings. The monoisotopic (exact) mass is 126 g/mol. The Morgan fingerprint density at radius 2 is 1.89 bits per heavy atom. The standard InChI is InChI=1S/C5H8N2.C2H6/c1-5(2-6)3-7-4-5;1-2/h7H,3-4H2,1H3;1-2H3. The Morgan fingerprint density at radius 3 is 1.89 bits per heavy atom. The van der Waals surface area contributed by atoms with Gasteiger partial charge in [0, 0.05) is 13.1 Å². The van der Waals surface area contributed by atoms with Crippen LogP contribution in [0.4, 0.5) is 0 Å². The molecule has 1 aliphatic heterocycles. The highest BCUT2D eigenvalue weighted by molar-refractivity contribution is 5.04. The Hall–Kier alpha value is -0.550. The number of hydrogen-bond donors (Lipinski definition) is 1. The van der Waals surface area contributed by atoms with Gasteiger partial charge in [0.1, 0.15) is 0 Å². The fraction of sp³-hybridized carbons (Fsp3) is 0.857. The van der Waals surface area contributed by atoms with Gasteiger partial charge in [0.15, 0.2) is 0 Å². The van der Waals surface area contributed by atoms with Gasteiger partial charge in [-0.05, 0) is 6.92 Å². The predicted octanol–water partition coefficient (Wildman–Crippen LogP) is 1.15. The van der Waals surface area contributed by atoms with Crippen molar-refractivity contribution in [3.63, 3.8) is 0 Å². The van der Waals surface area contributed by atoms with Crippen LogP contribution in [0.25, 0.3) is 0 Å². The zero-order valence-corrected chi connectivity index (χ0v) is 6.36. The Labute approximate surface area is 56.9 Å². The molecule has 0 radical (unpaired) electrons. The third kappa shape index (κ3) is 2.03. The van der Waals surface area contributed by atoms with Crippen molar-refractivity contribution in [1.29, 1.82) is 5.26 Å². The van der Waals surface area contributed by atoms with Crippen LogP contribution in [0.3, 0.4) is 0 Å². The first kappa shape index (κ1) is 8.45.